The van der Waals surface area contributed by atoms with Gasteiger partial charge in [0.25, 0.3) is 0 Å². The minimum atomic E-state index is -0.761. The van der Waals surface area contributed by atoms with Gasteiger partial charge in [-0.25, -0.2) is 13.2 Å². The van der Waals surface area contributed by atoms with E-state index in [0.29, 0.717) is 5.39 Å². The smallest absolute Gasteiger partial charge is 0.170 e. The molecule has 0 aliphatic rings. The normalized spacial score (nSPS) is 11.1. The Balaban J connectivity index is 2.41. The summed E-state index contributed by atoms with van der Waals surface area (Å²) in [4.78, 5) is 0. The van der Waals surface area contributed by atoms with Gasteiger partial charge in [-0.3, -0.25) is 0 Å². The van der Waals surface area contributed by atoms with E-state index < -0.39 is 17.5 Å². The molecule has 3 aromatic rings. The second-order valence-corrected chi connectivity index (χ2v) is 3.79. The maximum absolute atomic E-state index is 13.7. The van der Waals surface area contributed by atoms with Crippen LogP contribution >= 0.6 is 0 Å². The molecular formula is C13H6F3NO. The number of hydrogen-bond donors (Lipinski definition) is 0. The minimum Gasteiger partial charge on any atom is -0.356 e. The summed E-state index contributed by atoms with van der Waals surface area (Å²) < 4.78 is 45.6. The van der Waals surface area contributed by atoms with Gasteiger partial charge in [-0.1, -0.05) is 11.2 Å². The Hall–Kier alpha value is -2.30. The molecule has 1 heterocycles. The Morgan fingerprint density at radius 2 is 1.72 bits per heavy atom. The van der Waals surface area contributed by atoms with Crippen LogP contribution in [0.5, 0.6) is 0 Å². The molecule has 0 aliphatic carbocycles. The van der Waals surface area contributed by atoms with Crippen molar-refractivity contribution in [3.63, 3.8) is 0 Å². The summed E-state index contributed by atoms with van der Waals surface area (Å²) in [5, 5.41) is 3.86. The highest BCUT2D eigenvalue weighted by molar-refractivity contribution is 5.93. The van der Waals surface area contributed by atoms with Gasteiger partial charge in [-0.05, 0) is 18.2 Å². The second kappa shape index (κ2) is 3.87. The van der Waals surface area contributed by atoms with Gasteiger partial charge in [-0.2, -0.15) is 0 Å². The van der Waals surface area contributed by atoms with Crippen molar-refractivity contribution in [2.45, 2.75) is 0 Å². The zero-order valence-electron chi connectivity index (χ0n) is 8.95. The van der Waals surface area contributed by atoms with Gasteiger partial charge in [0.1, 0.15) is 17.5 Å². The fourth-order valence-corrected chi connectivity index (χ4v) is 1.90. The molecule has 0 N–H and O–H groups in total. The van der Waals surface area contributed by atoms with Crippen molar-refractivity contribution in [2.75, 3.05) is 0 Å². The van der Waals surface area contributed by atoms with Gasteiger partial charge in [0.2, 0.25) is 0 Å². The Kier molecular flexibility index (Phi) is 2.33. The molecule has 0 saturated carbocycles. The maximum Gasteiger partial charge on any atom is 0.170 e. The van der Waals surface area contributed by atoms with Gasteiger partial charge in [0.15, 0.2) is 5.58 Å². The maximum atomic E-state index is 13.7. The molecule has 0 fully saturated rings. The van der Waals surface area contributed by atoms with Crippen LogP contribution in [0.4, 0.5) is 13.2 Å². The van der Waals surface area contributed by atoms with E-state index in [-0.39, 0.29) is 16.7 Å². The first-order valence-corrected chi connectivity index (χ1v) is 5.15. The fraction of sp³-hybridized carbons (Fsp3) is 0. The summed E-state index contributed by atoms with van der Waals surface area (Å²) in [6.07, 6.45) is 1.30. The molecule has 1 aromatic heterocycles. The number of halogens is 3. The van der Waals surface area contributed by atoms with Crippen molar-refractivity contribution in [1.29, 1.82) is 0 Å². The Labute approximate surface area is 99.6 Å². The van der Waals surface area contributed by atoms with Gasteiger partial charge < -0.3 is 4.52 Å². The SMILES string of the molecule is Fc1cc(-c2c(F)cccc2F)c2cnoc2c1. The molecule has 5 heteroatoms. The van der Waals surface area contributed by atoms with Crippen LogP contribution in [0.3, 0.4) is 0 Å². The van der Waals surface area contributed by atoms with Gasteiger partial charge in [0.05, 0.1) is 11.8 Å². The van der Waals surface area contributed by atoms with Crippen molar-refractivity contribution in [2.24, 2.45) is 0 Å². The Bertz CT molecular complexity index is 716. The van der Waals surface area contributed by atoms with Crippen molar-refractivity contribution < 1.29 is 17.7 Å². The van der Waals surface area contributed by atoms with E-state index in [9.17, 15) is 13.2 Å². The van der Waals surface area contributed by atoms with E-state index in [4.69, 9.17) is 4.52 Å². The molecule has 0 bridgehead atoms. The van der Waals surface area contributed by atoms with Crippen LogP contribution in [0.25, 0.3) is 22.1 Å². The lowest BCUT2D eigenvalue weighted by molar-refractivity contribution is 0.454. The van der Waals surface area contributed by atoms with Crippen molar-refractivity contribution in [3.05, 3.63) is 54.0 Å². The molecule has 0 saturated heterocycles. The summed E-state index contributed by atoms with van der Waals surface area (Å²) in [5.74, 6) is -2.16. The molecule has 0 spiro atoms. The molecule has 3 rings (SSSR count). The zero-order chi connectivity index (χ0) is 12.7. The summed E-state index contributed by atoms with van der Waals surface area (Å²) in [7, 11) is 0. The second-order valence-electron chi connectivity index (χ2n) is 3.79. The summed E-state index contributed by atoms with van der Waals surface area (Å²) in [5.41, 5.74) is -0.0558. The average molecular weight is 249 g/mol. The monoisotopic (exact) mass is 249 g/mol. The van der Waals surface area contributed by atoms with Crippen LogP contribution in [0.15, 0.2) is 41.1 Å². The molecular weight excluding hydrogens is 243 g/mol. The molecule has 90 valence electrons. The van der Waals surface area contributed by atoms with Gasteiger partial charge in [-0.15, -0.1) is 0 Å². The molecule has 2 aromatic carbocycles. The van der Waals surface area contributed by atoms with E-state index in [1.807, 2.05) is 0 Å². The Morgan fingerprint density at radius 3 is 2.44 bits per heavy atom. The lowest BCUT2D eigenvalue weighted by atomic mass is 10.0. The number of nitrogens with zero attached hydrogens (tertiary/aromatic N) is 1. The van der Waals surface area contributed by atoms with Gasteiger partial charge in [0, 0.05) is 17.0 Å². The van der Waals surface area contributed by atoms with E-state index in [2.05, 4.69) is 5.16 Å². The quantitative estimate of drug-likeness (QED) is 0.653. The average Bonchev–Trinajstić information content (AvgIpc) is 2.76. The first kappa shape index (κ1) is 10.8. The number of fused-ring (bicyclic) bond motifs is 1. The van der Waals surface area contributed by atoms with E-state index in [1.165, 1.54) is 12.3 Å². The molecule has 0 atom stereocenters. The summed E-state index contributed by atoms with van der Waals surface area (Å²) >= 11 is 0. The highest BCUT2D eigenvalue weighted by Crippen LogP contribution is 2.33. The molecule has 0 aliphatic heterocycles. The Morgan fingerprint density at radius 1 is 1.00 bits per heavy atom. The lowest BCUT2D eigenvalue weighted by Crippen LogP contribution is -1.91. The van der Waals surface area contributed by atoms with E-state index in [0.717, 1.165) is 24.3 Å². The number of hydrogen-bond acceptors (Lipinski definition) is 2. The van der Waals surface area contributed by atoms with E-state index >= 15 is 0 Å². The highest BCUT2D eigenvalue weighted by Gasteiger charge is 2.16. The standard InChI is InChI=1S/C13H6F3NO/c14-7-4-8(9-6-17-18-12(9)5-7)13-10(15)2-1-3-11(13)16/h1-6H. The predicted octanol–water partition coefficient (Wildman–Crippen LogP) is 3.91. The molecule has 0 unspecified atom stereocenters. The molecule has 0 radical (unpaired) electrons. The lowest BCUT2D eigenvalue weighted by Gasteiger charge is -2.06. The van der Waals surface area contributed by atoms with Crippen molar-refractivity contribution in [1.82, 2.24) is 5.16 Å². The third-order valence-corrected chi connectivity index (χ3v) is 2.67. The van der Waals surface area contributed by atoms with Crippen LogP contribution in [-0.4, -0.2) is 5.16 Å². The topological polar surface area (TPSA) is 26.0 Å². The van der Waals surface area contributed by atoms with Crippen LogP contribution in [0.2, 0.25) is 0 Å². The van der Waals surface area contributed by atoms with Crippen molar-refractivity contribution >= 4 is 11.0 Å². The van der Waals surface area contributed by atoms with Crippen LogP contribution in [0.1, 0.15) is 0 Å². The minimum absolute atomic E-state index is 0.0850. The van der Waals surface area contributed by atoms with E-state index in [1.54, 1.807) is 0 Å². The number of benzene rings is 2. The van der Waals surface area contributed by atoms with Crippen LogP contribution < -0.4 is 0 Å². The third-order valence-electron chi connectivity index (χ3n) is 2.67. The fourth-order valence-electron chi connectivity index (χ4n) is 1.90. The first-order chi connectivity index (χ1) is 8.66. The first-order valence-electron chi connectivity index (χ1n) is 5.15. The van der Waals surface area contributed by atoms with Crippen molar-refractivity contribution in [3.8, 4) is 11.1 Å². The summed E-state index contributed by atoms with van der Waals surface area (Å²) in [6, 6.07) is 5.65. The third kappa shape index (κ3) is 1.55. The highest BCUT2D eigenvalue weighted by atomic mass is 19.1. The molecule has 18 heavy (non-hydrogen) atoms. The van der Waals surface area contributed by atoms with Crippen LogP contribution in [0, 0.1) is 17.5 Å². The molecule has 0 amide bonds. The number of aromatic nitrogens is 1. The zero-order valence-corrected chi connectivity index (χ0v) is 8.95. The predicted molar refractivity (Wildman–Crippen MR) is 59.3 cm³/mol. The van der Waals surface area contributed by atoms with Crippen LogP contribution in [-0.2, 0) is 0 Å². The summed E-state index contributed by atoms with van der Waals surface area (Å²) in [6.45, 7) is 0. The largest absolute Gasteiger partial charge is 0.356 e. The number of rotatable bonds is 1. The molecule has 2 nitrogen and oxygen atoms in total. The van der Waals surface area contributed by atoms with Gasteiger partial charge >= 0.3 is 0 Å².